The summed E-state index contributed by atoms with van der Waals surface area (Å²) in [4.78, 5) is 13.1. The summed E-state index contributed by atoms with van der Waals surface area (Å²) in [6, 6.07) is 10.5. The van der Waals surface area contributed by atoms with E-state index in [9.17, 15) is 13.2 Å². The molecule has 0 aliphatic carbocycles. The second-order valence-electron chi connectivity index (χ2n) is 5.78. The van der Waals surface area contributed by atoms with Crippen LogP contribution in [0.25, 0.3) is 10.8 Å². The van der Waals surface area contributed by atoms with Gasteiger partial charge in [-0.05, 0) is 12.1 Å². The van der Waals surface area contributed by atoms with E-state index < -0.39 is 21.1 Å². The molecule has 0 aliphatic heterocycles. The molecule has 1 unspecified atom stereocenters. The molecule has 2 aromatic rings. The van der Waals surface area contributed by atoms with Crippen molar-refractivity contribution in [3.05, 3.63) is 48.6 Å². The molecular formula is C17H21N3O3S. The molecule has 0 saturated carbocycles. The van der Waals surface area contributed by atoms with Crippen molar-refractivity contribution < 1.29 is 13.2 Å². The van der Waals surface area contributed by atoms with E-state index in [4.69, 9.17) is 11.5 Å². The minimum atomic E-state index is -3.85. The van der Waals surface area contributed by atoms with Crippen molar-refractivity contribution >= 4 is 32.2 Å². The van der Waals surface area contributed by atoms with Crippen molar-refractivity contribution in [2.24, 2.45) is 11.5 Å². The fourth-order valence-electron chi connectivity index (χ4n) is 2.52. The Kier molecular flexibility index (Phi) is 4.96. The third kappa shape index (κ3) is 3.27. The number of primary amides is 1. The van der Waals surface area contributed by atoms with Crippen molar-refractivity contribution in [2.75, 3.05) is 19.0 Å². The minimum Gasteiger partial charge on any atom is -0.377 e. The molecule has 1 amide bonds. The van der Waals surface area contributed by atoms with E-state index in [0.717, 1.165) is 11.1 Å². The number of fused-ring (bicyclic) bond motifs is 1. The van der Waals surface area contributed by atoms with Crippen LogP contribution in [0.2, 0.25) is 0 Å². The van der Waals surface area contributed by atoms with Crippen LogP contribution in [-0.4, -0.2) is 33.8 Å². The third-order valence-electron chi connectivity index (χ3n) is 3.84. The Bertz CT molecular complexity index is 904. The molecule has 2 rings (SSSR count). The van der Waals surface area contributed by atoms with Crippen LogP contribution in [0.15, 0.2) is 53.4 Å². The van der Waals surface area contributed by atoms with Crippen LogP contribution in [0.5, 0.6) is 0 Å². The summed E-state index contributed by atoms with van der Waals surface area (Å²) in [6.07, 6.45) is -0.207. The summed E-state index contributed by atoms with van der Waals surface area (Å²) in [5, 5.41) is 0.111. The third-order valence-corrected chi connectivity index (χ3v) is 5.77. The molecule has 0 bridgehead atoms. The van der Waals surface area contributed by atoms with Crippen LogP contribution >= 0.6 is 0 Å². The topological polar surface area (TPSA) is 106 Å². The molecular weight excluding hydrogens is 326 g/mol. The SMILES string of the molecule is C=C(CC(N)S(=O)(=O)c1cccc2c(N(C)C)cccc12)C(N)=O. The second-order valence-corrected chi connectivity index (χ2v) is 7.91. The molecule has 0 aromatic heterocycles. The highest BCUT2D eigenvalue weighted by atomic mass is 32.2. The molecule has 2 aromatic carbocycles. The molecule has 128 valence electrons. The van der Waals surface area contributed by atoms with E-state index in [1.54, 1.807) is 18.2 Å². The van der Waals surface area contributed by atoms with Crippen molar-refractivity contribution in [3.8, 4) is 0 Å². The molecule has 0 aliphatic rings. The standard InChI is InChI=1S/C17H21N3O3S/c1-11(17(19)21)10-16(18)24(22,23)15-9-5-6-12-13(15)7-4-8-14(12)20(2)3/h4-9,16H,1,10,18H2,2-3H3,(H2,19,21). The minimum absolute atomic E-state index is 0.0136. The van der Waals surface area contributed by atoms with E-state index in [2.05, 4.69) is 6.58 Å². The molecule has 24 heavy (non-hydrogen) atoms. The zero-order chi connectivity index (χ0) is 18.1. The largest absolute Gasteiger partial charge is 0.377 e. The Morgan fingerprint density at radius 3 is 2.33 bits per heavy atom. The number of anilines is 1. The molecule has 0 fully saturated rings. The molecule has 0 radical (unpaired) electrons. The van der Waals surface area contributed by atoms with Gasteiger partial charge in [0.1, 0.15) is 5.37 Å². The summed E-state index contributed by atoms with van der Waals surface area (Å²) in [6.45, 7) is 3.48. The lowest BCUT2D eigenvalue weighted by atomic mass is 10.1. The van der Waals surface area contributed by atoms with Gasteiger partial charge in [0.25, 0.3) is 0 Å². The van der Waals surface area contributed by atoms with Gasteiger partial charge < -0.3 is 16.4 Å². The molecule has 1 atom stereocenters. The van der Waals surface area contributed by atoms with E-state index in [0.29, 0.717) is 5.39 Å². The van der Waals surface area contributed by atoms with Gasteiger partial charge >= 0.3 is 0 Å². The van der Waals surface area contributed by atoms with E-state index >= 15 is 0 Å². The van der Waals surface area contributed by atoms with Crippen molar-refractivity contribution in [3.63, 3.8) is 0 Å². The Labute approximate surface area is 141 Å². The van der Waals surface area contributed by atoms with Gasteiger partial charge in [-0.3, -0.25) is 4.79 Å². The molecule has 0 heterocycles. The highest BCUT2D eigenvalue weighted by Crippen LogP contribution is 2.31. The zero-order valence-corrected chi connectivity index (χ0v) is 14.5. The first-order valence-electron chi connectivity index (χ1n) is 7.32. The smallest absolute Gasteiger partial charge is 0.244 e. The predicted octanol–water partition coefficient (Wildman–Crippen LogP) is 1.40. The number of nitrogens with two attached hydrogens (primary N) is 2. The maximum Gasteiger partial charge on any atom is 0.244 e. The van der Waals surface area contributed by atoms with Gasteiger partial charge in [0, 0.05) is 42.5 Å². The monoisotopic (exact) mass is 347 g/mol. The van der Waals surface area contributed by atoms with Crippen LogP contribution in [0.4, 0.5) is 5.69 Å². The van der Waals surface area contributed by atoms with Gasteiger partial charge in [-0.25, -0.2) is 8.42 Å². The number of sulfone groups is 1. The van der Waals surface area contributed by atoms with E-state index in [-0.39, 0.29) is 16.9 Å². The van der Waals surface area contributed by atoms with Crippen LogP contribution in [0.1, 0.15) is 6.42 Å². The van der Waals surface area contributed by atoms with Gasteiger partial charge in [0.15, 0.2) is 9.84 Å². The normalized spacial score (nSPS) is 12.8. The van der Waals surface area contributed by atoms with Crippen molar-refractivity contribution in [2.45, 2.75) is 16.7 Å². The molecule has 4 N–H and O–H groups in total. The maximum atomic E-state index is 12.9. The summed E-state index contributed by atoms with van der Waals surface area (Å²) in [7, 11) is -0.0711. The predicted molar refractivity (Wildman–Crippen MR) is 96.4 cm³/mol. The number of amides is 1. The van der Waals surface area contributed by atoms with Crippen LogP contribution in [0.3, 0.4) is 0 Å². The Morgan fingerprint density at radius 2 is 1.75 bits per heavy atom. The zero-order valence-electron chi connectivity index (χ0n) is 13.7. The number of carbonyl (C=O) groups excluding carboxylic acids is 1. The number of carbonyl (C=O) groups is 1. The van der Waals surface area contributed by atoms with Gasteiger partial charge in [0.2, 0.25) is 5.91 Å². The number of nitrogens with zero attached hydrogens (tertiary/aromatic N) is 1. The molecule has 0 spiro atoms. The fraction of sp³-hybridized carbons (Fsp3) is 0.235. The summed E-state index contributed by atoms with van der Waals surface area (Å²) < 4.78 is 25.7. The summed E-state index contributed by atoms with van der Waals surface area (Å²) in [5.74, 6) is -0.756. The Balaban J connectivity index is 2.57. The summed E-state index contributed by atoms with van der Waals surface area (Å²) in [5.41, 5.74) is 11.8. The lowest BCUT2D eigenvalue weighted by molar-refractivity contribution is -0.114. The quantitative estimate of drug-likeness (QED) is 0.768. The lowest BCUT2D eigenvalue weighted by Gasteiger charge is -2.18. The molecule has 7 heteroatoms. The van der Waals surface area contributed by atoms with Crippen LogP contribution < -0.4 is 16.4 Å². The van der Waals surface area contributed by atoms with Crippen LogP contribution in [0, 0.1) is 0 Å². The first-order chi connectivity index (χ1) is 11.2. The van der Waals surface area contributed by atoms with Crippen LogP contribution in [-0.2, 0) is 14.6 Å². The van der Waals surface area contributed by atoms with Gasteiger partial charge in [-0.15, -0.1) is 0 Å². The number of benzene rings is 2. The van der Waals surface area contributed by atoms with E-state index in [1.807, 2.05) is 31.1 Å². The van der Waals surface area contributed by atoms with Crippen molar-refractivity contribution in [1.29, 1.82) is 0 Å². The van der Waals surface area contributed by atoms with Crippen molar-refractivity contribution in [1.82, 2.24) is 0 Å². The van der Waals surface area contributed by atoms with E-state index in [1.165, 1.54) is 6.07 Å². The maximum absolute atomic E-state index is 12.9. The Morgan fingerprint density at radius 1 is 1.17 bits per heavy atom. The van der Waals surface area contributed by atoms with Gasteiger partial charge in [0.05, 0.1) is 4.90 Å². The number of hydrogen-bond donors (Lipinski definition) is 2. The number of hydrogen-bond acceptors (Lipinski definition) is 5. The highest BCUT2D eigenvalue weighted by Gasteiger charge is 2.27. The summed E-state index contributed by atoms with van der Waals surface area (Å²) >= 11 is 0. The Hall–Kier alpha value is -2.38. The fourth-order valence-corrected chi connectivity index (χ4v) is 4.02. The molecule has 0 saturated heterocycles. The van der Waals surface area contributed by atoms with Gasteiger partial charge in [-0.1, -0.05) is 30.8 Å². The van der Waals surface area contributed by atoms with Gasteiger partial charge in [-0.2, -0.15) is 0 Å². The number of rotatable bonds is 6. The molecule has 6 nitrogen and oxygen atoms in total. The lowest BCUT2D eigenvalue weighted by Crippen LogP contribution is -2.33. The average molecular weight is 347 g/mol. The average Bonchev–Trinajstić information content (AvgIpc) is 2.53. The highest BCUT2D eigenvalue weighted by molar-refractivity contribution is 7.92. The first-order valence-corrected chi connectivity index (χ1v) is 8.87. The first kappa shape index (κ1) is 18.0. The second kappa shape index (κ2) is 6.62.